The lowest BCUT2D eigenvalue weighted by atomic mass is 9.91. The minimum Gasteiger partial charge on any atom is -0.478 e. The number of hydrogen-bond acceptors (Lipinski definition) is 3. The first-order chi connectivity index (χ1) is 8.88. The van der Waals surface area contributed by atoms with Crippen molar-refractivity contribution in [3.63, 3.8) is 0 Å². The van der Waals surface area contributed by atoms with E-state index >= 15 is 0 Å². The Balaban J connectivity index is 3.11. The standard InChI is InChI=1S/C12H17F3O4/c1-2-3-4-9(12(13,14)15)10(11(16)17)8-5-18-7-19-6-8/h8H,2-7H2,1H3,(H,16,17). The zero-order valence-electron chi connectivity index (χ0n) is 10.6. The van der Waals surface area contributed by atoms with Gasteiger partial charge in [0.05, 0.1) is 18.8 Å². The van der Waals surface area contributed by atoms with E-state index in [9.17, 15) is 18.0 Å². The smallest absolute Gasteiger partial charge is 0.413 e. The Kier molecular flexibility index (Phi) is 5.81. The molecule has 0 aromatic rings. The summed E-state index contributed by atoms with van der Waals surface area (Å²) >= 11 is 0. The van der Waals surface area contributed by atoms with E-state index in [2.05, 4.69) is 0 Å². The molecule has 1 aliphatic heterocycles. The second-order valence-corrected chi connectivity index (χ2v) is 4.36. The van der Waals surface area contributed by atoms with Crippen molar-refractivity contribution in [2.45, 2.75) is 32.4 Å². The Labute approximate surface area is 109 Å². The van der Waals surface area contributed by atoms with Gasteiger partial charge in [0.1, 0.15) is 6.79 Å². The van der Waals surface area contributed by atoms with E-state index in [4.69, 9.17) is 14.6 Å². The van der Waals surface area contributed by atoms with Crippen molar-refractivity contribution in [1.82, 2.24) is 0 Å². The van der Waals surface area contributed by atoms with E-state index in [1.165, 1.54) is 0 Å². The number of allylic oxidation sites excluding steroid dienone is 1. The van der Waals surface area contributed by atoms with Crippen LogP contribution in [0.3, 0.4) is 0 Å². The van der Waals surface area contributed by atoms with Crippen molar-refractivity contribution in [2.24, 2.45) is 5.92 Å². The van der Waals surface area contributed by atoms with Gasteiger partial charge in [0.2, 0.25) is 0 Å². The van der Waals surface area contributed by atoms with Crippen LogP contribution in [0.1, 0.15) is 26.2 Å². The van der Waals surface area contributed by atoms with Crippen LogP contribution in [0.4, 0.5) is 13.2 Å². The van der Waals surface area contributed by atoms with Crippen LogP contribution >= 0.6 is 0 Å². The SMILES string of the molecule is CCCCC(=C(C(=O)O)C1COCOC1)C(F)(F)F. The number of halogens is 3. The largest absolute Gasteiger partial charge is 0.478 e. The summed E-state index contributed by atoms with van der Waals surface area (Å²) in [7, 11) is 0. The summed E-state index contributed by atoms with van der Waals surface area (Å²) in [5.41, 5.74) is -1.60. The Bertz CT molecular complexity index is 343. The van der Waals surface area contributed by atoms with Gasteiger partial charge in [0.25, 0.3) is 0 Å². The molecular formula is C12H17F3O4. The number of ether oxygens (including phenoxy) is 2. The predicted octanol–water partition coefficient (Wildman–Crippen LogP) is 2.74. The first-order valence-corrected chi connectivity index (χ1v) is 6.07. The summed E-state index contributed by atoms with van der Waals surface area (Å²) in [6.07, 6.45) is -4.08. The zero-order valence-corrected chi connectivity index (χ0v) is 10.6. The van der Waals surface area contributed by atoms with Gasteiger partial charge in [-0.3, -0.25) is 0 Å². The quantitative estimate of drug-likeness (QED) is 0.788. The van der Waals surface area contributed by atoms with E-state index in [-0.39, 0.29) is 26.4 Å². The minimum atomic E-state index is -4.64. The van der Waals surface area contributed by atoms with Crippen LogP contribution < -0.4 is 0 Å². The summed E-state index contributed by atoms with van der Waals surface area (Å²) in [5.74, 6) is -2.43. The maximum absolute atomic E-state index is 13.0. The van der Waals surface area contributed by atoms with E-state index in [0.717, 1.165) is 0 Å². The second kappa shape index (κ2) is 6.91. The molecule has 110 valence electrons. The van der Waals surface area contributed by atoms with Crippen molar-refractivity contribution < 1.29 is 32.5 Å². The molecule has 0 bridgehead atoms. The number of hydrogen-bond donors (Lipinski definition) is 1. The number of aliphatic carboxylic acids is 1. The second-order valence-electron chi connectivity index (χ2n) is 4.36. The summed E-state index contributed by atoms with van der Waals surface area (Å²) in [6, 6.07) is 0. The van der Waals surface area contributed by atoms with Gasteiger partial charge in [-0.1, -0.05) is 13.3 Å². The first-order valence-electron chi connectivity index (χ1n) is 6.07. The molecule has 4 nitrogen and oxygen atoms in total. The predicted molar refractivity (Wildman–Crippen MR) is 60.5 cm³/mol. The highest BCUT2D eigenvalue weighted by atomic mass is 19.4. The van der Waals surface area contributed by atoms with Crippen molar-refractivity contribution >= 4 is 5.97 Å². The number of rotatable bonds is 5. The summed E-state index contributed by atoms with van der Waals surface area (Å²) in [5, 5.41) is 9.09. The van der Waals surface area contributed by atoms with Crippen molar-refractivity contribution in [1.29, 1.82) is 0 Å². The third-order valence-corrected chi connectivity index (χ3v) is 2.89. The van der Waals surface area contributed by atoms with Gasteiger partial charge < -0.3 is 14.6 Å². The van der Waals surface area contributed by atoms with Crippen molar-refractivity contribution in [3.8, 4) is 0 Å². The normalized spacial score (nSPS) is 19.2. The maximum atomic E-state index is 13.0. The van der Waals surface area contributed by atoms with Crippen LogP contribution in [-0.2, 0) is 14.3 Å². The Morgan fingerprint density at radius 3 is 2.32 bits per heavy atom. The zero-order chi connectivity index (χ0) is 14.5. The molecule has 0 atom stereocenters. The number of carboxylic acids is 1. The molecule has 0 spiro atoms. The van der Waals surface area contributed by atoms with Crippen LogP contribution in [-0.4, -0.2) is 37.3 Å². The molecule has 0 aromatic heterocycles. The van der Waals surface area contributed by atoms with Crippen LogP contribution in [0.2, 0.25) is 0 Å². The van der Waals surface area contributed by atoms with Crippen LogP contribution in [0, 0.1) is 5.92 Å². The molecule has 1 fully saturated rings. The Morgan fingerprint density at radius 1 is 1.32 bits per heavy atom. The third kappa shape index (κ3) is 4.50. The third-order valence-electron chi connectivity index (χ3n) is 2.89. The maximum Gasteiger partial charge on any atom is 0.413 e. The fraction of sp³-hybridized carbons (Fsp3) is 0.750. The monoisotopic (exact) mass is 282 g/mol. The summed E-state index contributed by atoms with van der Waals surface area (Å²) in [6.45, 7) is 1.61. The lowest BCUT2D eigenvalue weighted by Gasteiger charge is -2.26. The molecule has 0 radical (unpaired) electrons. The van der Waals surface area contributed by atoms with Gasteiger partial charge in [-0.2, -0.15) is 13.2 Å². The highest BCUT2D eigenvalue weighted by Crippen LogP contribution is 2.35. The molecule has 1 N–H and O–H groups in total. The van der Waals surface area contributed by atoms with E-state index in [0.29, 0.717) is 12.8 Å². The average Bonchev–Trinajstić information content (AvgIpc) is 2.33. The molecule has 1 saturated heterocycles. The van der Waals surface area contributed by atoms with E-state index in [1.54, 1.807) is 6.92 Å². The Morgan fingerprint density at radius 2 is 1.89 bits per heavy atom. The number of alkyl halides is 3. The molecule has 0 aromatic carbocycles. The van der Waals surface area contributed by atoms with Gasteiger partial charge in [-0.25, -0.2) is 4.79 Å². The highest BCUT2D eigenvalue weighted by Gasteiger charge is 2.40. The molecule has 1 rings (SSSR count). The van der Waals surface area contributed by atoms with Crippen LogP contribution in [0.25, 0.3) is 0 Å². The van der Waals surface area contributed by atoms with Gasteiger partial charge in [0, 0.05) is 11.5 Å². The molecule has 0 saturated carbocycles. The average molecular weight is 282 g/mol. The fourth-order valence-electron chi connectivity index (χ4n) is 1.99. The molecule has 7 heteroatoms. The van der Waals surface area contributed by atoms with Gasteiger partial charge >= 0.3 is 12.1 Å². The molecule has 0 aliphatic carbocycles. The number of unbranched alkanes of at least 4 members (excludes halogenated alkanes) is 1. The first kappa shape index (κ1) is 16.0. The molecule has 0 amide bonds. The minimum absolute atomic E-state index is 0.0142. The van der Waals surface area contributed by atoms with Gasteiger partial charge in [-0.05, 0) is 12.8 Å². The molecular weight excluding hydrogens is 265 g/mol. The highest BCUT2D eigenvalue weighted by molar-refractivity contribution is 5.88. The van der Waals surface area contributed by atoms with E-state index in [1.807, 2.05) is 0 Å². The van der Waals surface area contributed by atoms with Crippen molar-refractivity contribution in [2.75, 3.05) is 20.0 Å². The van der Waals surface area contributed by atoms with Crippen molar-refractivity contribution in [3.05, 3.63) is 11.1 Å². The molecule has 0 unspecified atom stereocenters. The molecule has 1 aliphatic rings. The lowest BCUT2D eigenvalue weighted by molar-refractivity contribution is -0.143. The Hall–Kier alpha value is -1.08. The fourth-order valence-corrected chi connectivity index (χ4v) is 1.99. The van der Waals surface area contributed by atoms with Gasteiger partial charge in [-0.15, -0.1) is 0 Å². The lowest BCUT2D eigenvalue weighted by Crippen LogP contribution is -2.32. The summed E-state index contributed by atoms with van der Waals surface area (Å²) in [4.78, 5) is 11.2. The number of carbonyl (C=O) groups is 1. The topological polar surface area (TPSA) is 55.8 Å². The molecule has 1 heterocycles. The summed E-state index contributed by atoms with van der Waals surface area (Å²) < 4.78 is 48.8. The van der Waals surface area contributed by atoms with Crippen LogP contribution in [0.15, 0.2) is 11.1 Å². The van der Waals surface area contributed by atoms with Gasteiger partial charge in [0.15, 0.2) is 0 Å². The van der Waals surface area contributed by atoms with E-state index < -0.39 is 29.2 Å². The molecule has 19 heavy (non-hydrogen) atoms. The number of carboxylic acid groups (broad SMARTS) is 1. The van der Waals surface area contributed by atoms with Crippen LogP contribution in [0.5, 0.6) is 0 Å².